The first-order chi connectivity index (χ1) is 10.2. The number of nitrogens with zero attached hydrogens (tertiary/aromatic N) is 1. The maximum atomic E-state index is 12.2. The highest BCUT2D eigenvalue weighted by Gasteiger charge is 2.25. The van der Waals surface area contributed by atoms with E-state index in [2.05, 4.69) is 22.8 Å². The van der Waals surface area contributed by atoms with Crippen molar-refractivity contribution in [1.82, 2.24) is 15.5 Å². The van der Waals surface area contributed by atoms with E-state index in [1.807, 2.05) is 17.0 Å². The molecule has 2 aliphatic heterocycles. The largest absolute Gasteiger partial charge is 0.346 e. The van der Waals surface area contributed by atoms with E-state index in [9.17, 15) is 9.59 Å². The number of likely N-dealkylation sites (tertiary alicyclic amines) is 1. The summed E-state index contributed by atoms with van der Waals surface area (Å²) in [5, 5.41) is 6.00. The van der Waals surface area contributed by atoms with Gasteiger partial charge in [0, 0.05) is 19.6 Å². The minimum atomic E-state index is -0.244. The summed E-state index contributed by atoms with van der Waals surface area (Å²) in [6.45, 7) is 2.46. The van der Waals surface area contributed by atoms with Crippen LogP contribution < -0.4 is 10.6 Å². The molecular formula is C16H22ClN3O2. The van der Waals surface area contributed by atoms with Gasteiger partial charge in [0.15, 0.2) is 0 Å². The average Bonchev–Trinajstić information content (AvgIpc) is 3.06. The van der Waals surface area contributed by atoms with Crippen LogP contribution in [-0.4, -0.2) is 42.4 Å². The zero-order valence-corrected chi connectivity index (χ0v) is 13.3. The molecule has 2 heterocycles. The number of halogens is 1. The molecule has 1 aromatic carbocycles. The molecule has 22 heavy (non-hydrogen) atoms. The Hall–Kier alpha value is -1.59. The molecule has 0 spiro atoms. The third kappa shape index (κ3) is 3.78. The van der Waals surface area contributed by atoms with E-state index in [-0.39, 0.29) is 36.8 Å². The van der Waals surface area contributed by atoms with Crippen LogP contribution >= 0.6 is 12.4 Å². The molecule has 6 heteroatoms. The van der Waals surface area contributed by atoms with Gasteiger partial charge in [-0.15, -0.1) is 12.4 Å². The third-order valence-corrected chi connectivity index (χ3v) is 4.27. The van der Waals surface area contributed by atoms with Crippen molar-refractivity contribution in [1.29, 1.82) is 0 Å². The van der Waals surface area contributed by atoms with Crippen LogP contribution in [0.4, 0.5) is 0 Å². The van der Waals surface area contributed by atoms with E-state index in [1.54, 1.807) is 0 Å². The molecule has 3 rings (SSSR count). The van der Waals surface area contributed by atoms with E-state index in [1.165, 1.54) is 11.1 Å². The lowest BCUT2D eigenvalue weighted by molar-refractivity contribution is -0.132. The van der Waals surface area contributed by atoms with Crippen LogP contribution in [-0.2, 0) is 22.6 Å². The van der Waals surface area contributed by atoms with Gasteiger partial charge in [-0.05, 0) is 30.4 Å². The van der Waals surface area contributed by atoms with E-state index in [4.69, 9.17) is 0 Å². The third-order valence-electron chi connectivity index (χ3n) is 4.27. The van der Waals surface area contributed by atoms with Crippen molar-refractivity contribution in [2.24, 2.45) is 0 Å². The number of rotatable bonds is 3. The van der Waals surface area contributed by atoms with Crippen LogP contribution in [0.2, 0.25) is 0 Å². The molecule has 0 bridgehead atoms. The van der Waals surface area contributed by atoms with Gasteiger partial charge in [0.05, 0.1) is 12.6 Å². The second-order valence-corrected chi connectivity index (χ2v) is 5.71. The smallest absolute Gasteiger partial charge is 0.241 e. The maximum absolute atomic E-state index is 12.2. The first-order valence-electron chi connectivity index (χ1n) is 7.60. The van der Waals surface area contributed by atoms with Crippen molar-refractivity contribution >= 4 is 24.2 Å². The van der Waals surface area contributed by atoms with Crippen LogP contribution in [0.25, 0.3) is 0 Å². The summed E-state index contributed by atoms with van der Waals surface area (Å²) in [7, 11) is 0. The van der Waals surface area contributed by atoms with Gasteiger partial charge in [-0.25, -0.2) is 0 Å². The Morgan fingerprint density at radius 3 is 2.59 bits per heavy atom. The van der Waals surface area contributed by atoms with Gasteiger partial charge in [0.25, 0.3) is 0 Å². The highest BCUT2D eigenvalue weighted by Crippen LogP contribution is 2.16. The van der Waals surface area contributed by atoms with Gasteiger partial charge < -0.3 is 15.5 Å². The molecule has 0 radical (unpaired) electrons. The molecular weight excluding hydrogens is 302 g/mol. The van der Waals surface area contributed by atoms with Crippen LogP contribution in [0.3, 0.4) is 0 Å². The maximum Gasteiger partial charge on any atom is 0.241 e. The van der Waals surface area contributed by atoms with E-state index >= 15 is 0 Å². The standard InChI is InChI=1S/C16H21N3O2.ClH/c20-15(19-7-3-4-8-19)11-18-16(21)14-9-12-5-1-2-6-13(12)10-17-14;/h1-2,5-6,14,17H,3-4,7-11H2,(H,18,21);1H. The van der Waals surface area contributed by atoms with Crippen LogP contribution in [0.1, 0.15) is 24.0 Å². The summed E-state index contributed by atoms with van der Waals surface area (Å²) < 4.78 is 0. The fourth-order valence-electron chi connectivity index (χ4n) is 3.00. The van der Waals surface area contributed by atoms with E-state index in [0.29, 0.717) is 13.0 Å². The predicted molar refractivity (Wildman–Crippen MR) is 86.8 cm³/mol. The molecule has 0 aromatic heterocycles. The lowest BCUT2D eigenvalue weighted by Crippen LogP contribution is -2.50. The van der Waals surface area contributed by atoms with Crippen molar-refractivity contribution in [2.75, 3.05) is 19.6 Å². The fourth-order valence-corrected chi connectivity index (χ4v) is 3.00. The van der Waals surface area contributed by atoms with Crippen molar-refractivity contribution < 1.29 is 9.59 Å². The number of hydrogen-bond donors (Lipinski definition) is 2. The lowest BCUT2D eigenvalue weighted by Gasteiger charge is -2.25. The Balaban J connectivity index is 0.00000176. The molecule has 5 nitrogen and oxygen atoms in total. The summed E-state index contributed by atoms with van der Waals surface area (Å²) in [5.41, 5.74) is 2.46. The molecule has 1 unspecified atom stereocenters. The van der Waals surface area contributed by atoms with Gasteiger partial charge in [0.1, 0.15) is 0 Å². The summed E-state index contributed by atoms with van der Waals surface area (Å²) >= 11 is 0. The number of hydrogen-bond acceptors (Lipinski definition) is 3. The number of carbonyl (C=O) groups is 2. The summed E-state index contributed by atoms with van der Waals surface area (Å²) in [6.07, 6.45) is 2.82. The Kier molecular flexibility index (Phi) is 5.80. The number of nitrogens with one attached hydrogen (secondary N) is 2. The molecule has 1 aromatic rings. The SMILES string of the molecule is Cl.O=C(NCC(=O)N1CCCC1)C1Cc2ccccc2CN1. The van der Waals surface area contributed by atoms with Crippen molar-refractivity contribution in [3.8, 4) is 0 Å². The molecule has 0 aliphatic carbocycles. The van der Waals surface area contributed by atoms with E-state index in [0.717, 1.165) is 25.9 Å². The molecule has 2 amide bonds. The topological polar surface area (TPSA) is 61.4 Å². The predicted octanol–water partition coefficient (Wildman–Crippen LogP) is 0.861. The zero-order valence-electron chi connectivity index (χ0n) is 12.5. The van der Waals surface area contributed by atoms with Gasteiger partial charge in [-0.3, -0.25) is 9.59 Å². The zero-order chi connectivity index (χ0) is 14.7. The quantitative estimate of drug-likeness (QED) is 0.867. The Bertz CT molecular complexity index is 544. The van der Waals surface area contributed by atoms with Crippen LogP contribution in [0, 0.1) is 0 Å². The first-order valence-corrected chi connectivity index (χ1v) is 7.60. The molecule has 120 valence electrons. The van der Waals surface area contributed by atoms with Gasteiger partial charge in [0.2, 0.25) is 11.8 Å². The Labute approximate surface area is 136 Å². The molecule has 2 N–H and O–H groups in total. The average molecular weight is 324 g/mol. The minimum Gasteiger partial charge on any atom is -0.346 e. The highest BCUT2D eigenvalue weighted by atomic mass is 35.5. The van der Waals surface area contributed by atoms with Crippen LogP contribution in [0.15, 0.2) is 24.3 Å². The normalized spacial score (nSPS) is 20.0. The van der Waals surface area contributed by atoms with Gasteiger partial charge in [-0.1, -0.05) is 24.3 Å². The Morgan fingerprint density at radius 1 is 1.18 bits per heavy atom. The van der Waals surface area contributed by atoms with Crippen molar-refractivity contribution in [3.05, 3.63) is 35.4 Å². The van der Waals surface area contributed by atoms with Crippen molar-refractivity contribution in [2.45, 2.75) is 31.8 Å². The number of fused-ring (bicyclic) bond motifs is 1. The Morgan fingerprint density at radius 2 is 1.86 bits per heavy atom. The monoisotopic (exact) mass is 323 g/mol. The summed E-state index contributed by atoms with van der Waals surface area (Å²) in [5.74, 6) is -0.0610. The van der Waals surface area contributed by atoms with Gasteiger partial charge in [-0.2, -0.15) is 0 Å². The minimum absolute atomic E-state index is 0. The number of benzene rings is 1. The fraction of sp³-hybridized carbons (Fsp3) is 0.500. The summed E-state index contributed by atoms with van der Waals surface area (Å²) in [6, 6.07) is 7.90. The second-order valence-electron chi connectivity index (χ2n) is 5.71. The van der Waals surface area contributed by atoms with E-state index < -0.39 is 0 Å². The van der Waals surface area contributed by atoms with Crippen LogP contribution in [0.5, 0.6) is 0 Å². The highest BCUT2D eigenvalue weighted by molar-refractivity contribution is 5.88. The molecule has 1 atom stereocenters. The van der Waals surface area contributed by atoms with Gasteiger partial charge >= 0.3 is 0 Å². The second kappa shape index (κ2) is 7.61. The first kappa shape index (κ1) is 16.8. The van der Waals surface area contributed by atoms with Crippen molar-refractivity contribution in [3.63, 3.8) is 0 Å². The number of carbonyl (C=O) groups excluding carboxylic acids is 2. The molecule has 1 saturated heterocycles. The molecule has 1 fully saturated rings. The molecule has 2 aliphatic rings. The summed E-state index contributed by atoms with van der Waals surface area (Å²) in [4.78, 5) is 25.9. The number of amides is 2. The lowest BCUT2D eigenvalue weighted by atomic mass is 9.95. The molecule has 0 saturated carbocycles.